The normalized spacial score (nSPS) is 10.6. The summed E-state index contributed by atoms with van der Waals surface area (Å²) in [5, 5.41) is 7.00. The SMILES string of the molecule is CO/N=C/c1c(N)ncnc1Oc1ccc(Nc2ccccc2)cc1. The molecule has 0 aliphatic carbocycles. The Morgan fingerprint density at radius 2 is 1.72 bits per heavy atom. The van der Waals surface area contributed by atoms with Crippen molar-refractivity contribution in [2.24, 2.45) is 5.16 Å². The minimum Gasteiger partial charge on any atom is -0.438 e. The molecule has 2 aromatic carbocycles. The van der Waals surface area contributed by atoms with Crippen molar-refractivity contribution >= 4 is 23.4 Å². The summed E-state index contributed by atoms with van der Waals surface area (Å²) in [6, 6.07) is 17.4. The van der Waals surface area contributed by atoms with Crippen molar-refractivity contribution in [1.82, 2.24) is 9.97 Å². The minimum atomic E-state index is 0.258. The van der Waals surface area contributed by atoms with Crippen LogP contribution in [0.25, 0.3) is 0 Å². The molecule has 3 aromatic rings. The van der Waals surface area contributed by atoms with Gasteiger partial charge in [-0.2, -0.15) is 0 Å². The number of hydrogen-bond acceptors (Lipinski definition) is 7. The predicted octanol–water partition coefficient (Wildman–Crippen LogP) is 3.58. The van der Waals surface area contributed by atoms with Crippen molar-refractivity contribution < 1.29 is 9.57 Å². The topological polar surface area (TPSA) is 94.7 Å². The average molecular weight is 335 g/mol. The van der Waals surface area contributed by atoms with E-state index in [4.69, 9.17) is 10.5 Å². The molecule has 25 heavy (non-hydrogen) atoms. The zero-order chi connectivity index (χ0) is 17.5. The maximum absolute atomic E-state index is 5.84. The average Bonchev–Trinajstić information content (AvgIpc) is 2.64. The smallest absolute Gasteiger partial charge is 0.233 e. The second kappa shape index (κ2) is 7.78. The summed E-state index contributed by atoms with van der Waals surface area (Å²) in [5.74, 6) is 1.18. The van der Waals surface area contributed by atoms with Crippen LogP contribution in [0.1, 0.15) is 5.56 Å². The third-order valence-electron chi connectivity index (χ3n) is 3.30. The summed E-state index contributed by atoms with van der Waals surface area (Å²) in [5.41, 5.74) is 8.25. The predicted molar refractivity (Wildman–Crippen MR) is 97.3 cm³/mol. The van der Waals surface area contributed by atoms with Crippen molar-refractivity contribution in [3.8, 4) is 11.6 Å². The van der Waals surface area contributed by atoms with E-state index in [9.17, 15) is 0 Å². The van der Waals surface area contributed by atoms with Gasteiger partial charge in [-0.3, -0.25) is 0 Å². The zero-order valence-electron chi connectivity index (χ0n) is 13.6. The lowest BCUT2D eigenvalue weighted by atomic mass is 10.2. The number of nitrogen functional groups attached to an aromatic ring is 1. The van der Waals surface area contributed by atoms with Gasteiger partial charge in [0.2, 0.25) is 5.88 Å². The van der Waals surface area contributed by atoms with Crippen LogP contribution in [0.5, 0.6) is 11.6 Å². The number of hydrogen-bond donors (Lipinski definition) is 2. The molecule has 3 rings (SSSR count). The van der Waals surface area contributed by atoms with Gasteiger partial charge in [-0.25, -0.2) is 9.97 Å². The van der Waals surface area contributed by atoms with Gasteiger partial charge in [0, 0.05) is 11.4 Å². The molecule has 0 saturated carbocycles. The van der Waals surface area contributed by atoms with E-state index >= 15 is 0 Å². The van der Waals surface area contributed by atoms with Gasteiger partial charge in [-0.05, 0) is 36.4 Å². The van der Waals surface area contributed by atoms with Gasteiger partial charge in [-0.1, -0.05) is 23.4 Å². The number of nitrogens with one attached hydrogen (secondary N) is 1. The Morgan fingerprint density at radius 1 is 1.00 bits per heavy atom. The highest BCUT2D eigenvalue weighted by atomic mass is 16.6. The summed E-state index contributed by atoms with van der Waals surface area (Å²) >= 11 is 0. The van der Waals surface area contributed by atoms with E-state index in [1.807, 2.05) is 54.6 Å². The number of nitrogens with two attached hydrogens (primary N) is 1. The first-order chi connectivity index (χ1) is 12.3. The molecule has 0 unspecified atom stereocenters. The van der Waals surface area contributed by atoms with Crippen LogP contribution < -0.4 is 15.8 Å². The Kier molecular flexibility index (Phi) is 5.06. The molecule has 1 aromatic heterocycles. The van der Waals surface area contributed by atoms with E-state index in [0.29, 0.717) is 17.2 Å². The fourth-order valence-corrected chi connectivity index (χ4v) is 2.11. The van der Waals surface area contributed by atoms with Crippen LogP contribution in [0.4, 0.5) is 17.2 Å². The summed E-state index contributed by atoms with van der Waals surface area (Å²) in [7, 11) is 1.44. The van der Waals surface area contributed by atoms with Crippen molar-refractivity contribution in [1.29, 1.82) is 0 Å². The van der Waals surface area contributed by atoms with E-state index < -0.39 is 0 Å². The quantitative estimate of drug-likeness (QED) is 0.528. The van der Waals surface area contributed by atoms with Gasteiger partial charge in [0.05, 0.1) is 6.21 Å². The van der Waals surface area contributed by atoms with Crippen LogP contribution in [0.3, 0.4) is 0 Å². The van der Waals surface area contributed by atoms with E-state index in [1.54, 1.807) is 0 Å². The van der Waals surface area contributed by atoms with Gasteiger partial charge in [0.1, 0.15) is 30.6 Å². The van der Waals surface area contributed by atoms with Crippen molar-refractivity contribution in [2.45, 2.75) is 0 Å². The number of nitrogens with zero attached hydrogens (tertiary/aromatic N) is 3. The standard InChI is InChI=1S/C18H17N5O2/c1-24-22-11-16-17(19)20-12-21-18(16)25-15-9-7-14(8-10-15)23-13-5-3-2-4-6-13/h2-12,23H,1H3,(H2,19,20,21)/b22-11+. The second-order valence-corrected chi connectivity index (χ2v) is 5.01. The second-order valence-electron chi connectivity index (χ2n) is 5.01. The van der Waals surface area contributed by atoms with Crippen LogP contribution in [0.15, 0.2) is 66.1 Å². The Bertz CT molecular complexity index is 851. The van der Waals surface area contributed by atoms with Crippen molar-refractivity contribution in [3.63, 3.8) is 0 Å². The highest BCUT2D eigenvalue weighted by Crippen LogP contribution is 2.26. The molecular formula is C18H17N5O2. The van der Waals surface area contributed by atoms with Gasteiger partial charge in [0.25, 0.3) is 0 Å². The van der Waals surface area contributed by atoms with E-state index in [2.05, 4.69) is 25.3 Å². The third kappa shape index (κ3) is 4.23. The van der Waals surface area contributed by atoms with Gasteiger partial charge < -0.3 is 20.6 Å². The van der Waals surface area contributed by atoms with Crippen LogP contribution in [-0.2, 0) is 4.84 Å². The van der Waals surface area contributed by atoms with Crippen LogP contribution in [0.2, 0.25) is 0 Å². The molecule has 1 heterocycles. The summed E-state index contributed by atoms with van der Waals surface area (Å²) in [6.07, 6.45) is 2.75. The number of para-hydroxylation sites is 1. The molecule has 0 amide bonds. The molecule has 7 heteroatoms. The van der Waals surface area contributed by atoms with Gasteiger partial charge in [-0.15, -0.1) is 0 Å². The fourth-order valence-electron chi connectivity index (χ4n) is 2.11. The Labute approximate surface area is 145 Å². The van der Waals surface area contributed by atoms with Crippen LogP contribution in [-0.4, -0.2) is 23.3 Å². The molecule has 0 atom stereocenters. The van der Waals surface area contributed by atoms with Gasteiger partial charge >= 0.3 is 0 Å². The molecular weight excluding hydrogens is 318 g/mol. The highest BCUT2D eigenvalue weighted by Gasteiger charge is 2.10. The van der Waals surface area contributed by atoms with Gasteiger partial charge in [0.15, 0.2) is 0 Å². The number of rotatable bonds is 6. The number of aromatic nitrogens is 2. The molecule has 0 aliphatic heterocycles. The first-order valence-corrected chi connectivity index (χ1v) is 7.53. The number of benzene rings is 2. The Balaban J connectivity index is 1.76. The molecule has 0 radical (unpaired) electrons. The van der Waals surface area contributed by atoms with E-state index in [-0.39, 0.29) is 5.82 Å². The summed E-state index contributed by atoms with van der Waals surface area (Å²) < 4.78 is 5.79. The minimum absolute atomic E-state index is 0.258. The summed E-state index contributed by atoms with van der Waals surface area (Å²) in [6.45, 7) is 0. The van der Waals surface area contributed by atoms with Crippen LogP contribution >= 0.6 is 0 Å². The largest absolute Gasteiger partial charge is 0.438 e. The molecule has 0 aliphatic rings. The Morgan fingerprint density at radius 3 is 2.44 bits per heavy atom. The molecule has 7 nitrogen and oxygen atoms in total. The molecule has 126 valence electrons. The third-order valence-corrected chi connectivity index (χ3v) is 3.30. The zero-order valence-corrected chi connectivity index (χ0v) is 13.6. The fraction of sp³-hybridized carbons (Fsp3) is 0.0556. The maximum Gasteiger partial charge on any atom is 0.233 e. The van der Waals surface area contributed by atoms with Crippen molar-refractivity contribution in [3.05, 3.63) is 66.5 Å². The molecule has 3 N–H and O–H groups in total. The lowest BCUT2D eigenvalue weighted by Gasteiger charge is -2.10. The lowest BCUT2D eigenvalue weighted by Crippen LogP contribution is -2.02. The molecule has 0 bridgehead atoms. The summed E-state index contributed by atoms with van der Waals surface area (Å²) in [4.78, 5) is 12.7. The molecule has 0 fully saturated rings. The number of oxime groups is 1. The highest BCUT2D eigenvalue weighted by molar-refractivity contribution is 5.88. The van der Waals surface area contributed by atoms with Crippen LogP contribution in [0, 0.1) is 0 Å². The van der Waals surface area contributed by atoms with E-state index in [1.165, 1.54) is 19.7 Å². The lowest BCUT2D eigenvalue weighted by molar-refractivity contribution is 0.215. The van der Waals surface area contributed by atoms with E-state index in [0.717, 1.165) is 11.4 Å². The Hall–Kier alpha value is -3.61. The number of anilines is 3. The molecule has 0 saturated heterocycles. The molecule has 0 spiro atoms. The maximum atomic E-state index is 5.84. The first kappa shape index (κ1) is 16.3. The number of ether oxygens (including phenoxy) is 1. The monoisotopic (exact) mass is 335 g/mol. The van der Waals surface area contributed by atoms with Crippen molar-refractivity contribution in [2.75, 3.05) is 18.2 Å². The first-order valence-electron chi connectivity index (χ1n) is 7.53.